The number of benzene rings is 1. The van der Waals surface area contributed by atoms with Crippen LogP contribution in [0.15, 0.2) is 18.2 Å². The molecule has 0 unspecified atom stereocenters. The van der Waals surface area contributed by atoms with Gasteiger partial charge in [-0.1, -0.05) is 6.07 Å². The summed E-state index contributed by atoms with van der Waals surface area (Å²) in [5.41, 5.74) is 2.28. The van der Waals surface area contributed by atoms with Gasteiger partial charge < -0.3 is 14.4 Å². The Hall–Kier alpha value is -2.04. The average molecular weight is 279 g/mol. The van der Waals surface area contributed by atoms with Crippen LogP contribution in [0.2, 0.25) is 0 Å². The van der Waals surface area contributed by atoms with Crippen molar-refractivity contribution < 1.29 is 19.1 Å². The molecule has 1 aromatic rings. The van der Waals surface area contributed by atoms with E-state index in [0.29, 0.717) is 12.3 Å². The second-order valence-electron chi connectivity index (χ2n) is 4.52. The van der Waals surface area contributed by atoms with E-state index >= 15 is 0 Å². The molecule has 0 spiro atoms. The molecule has 0 aliphatic carbocycles. The number of aryl methyl sites for hydroxylation is 2. The number of nitrogens with zero attached hydrogens (tertiary/aromatic N) is 1. The van der Waals surface area contributed by atoms with Crippen LogP contribution < -0.4 is 4.74 Å². The summed E-state index contributed by atoms with van der Waals surface area (Å²) >= 11 is 0. The Kier molecular flexibility index (Phi) is 6.03. The molecule has 0 aromatic heterocycles. The van der Waals surface area contributed by atoms with Gasteiger partial charge in [-0.3, -0.25) is 9.59 Å². The molecule has 0 saturated carbocycles. The number of amides is 1. The Morgan fingerprint density at radius 3 is 2.45 bits per heavy atom. The zero-order valence-electron chi connectivity index (χ0n) is 12.4. The molecule has 0 atom stereocenters. The third kappa shape index (κ3) is 4.57. The zero-order valence-corrected chi connectivity index (χ0v) is 12.4. The van der Waals surface area contributed by atoms with Crippen LogP contribution in [0.1, 0.15) is 18.1 Å². The van der Waals surface area contributed by atoms with Crippen LogP contribution in [-0.4, -0.2) is 43.6 Å². The van der Waals surface area contributed by atoms with E-state index in [1.165, 1.54) is 17.6 Å². The molecule has 1 rings (SSSR count). The van der Waals surface area contributed by atoms with E-state index in [2.05, 4.69) is 4.74 Å². The van der Waals surface area contributed by atoms with E-state index in [4.69, 9.17) is 4.74 Å². The van der Waals surface area contributed by atoms with E-state index in [0.717, 1.165) is 5.56 Å². The first-order valence-electron chi connectivity index (χ1n) is 6.52. The molecular formula is C15H21NO4. The minimum Gasteiger partial charge on any atom is -0.484 e. The molecule has 0 aliphatic rings. The number of rotatable bonds is 6. The summed E-state index contributed by atoms with van der Waals surface area (Å²) in [5.74, 6) is -0.0296. The third-order valence-corrected chi connectivity index (χ3v) is 3.12. The number of hydrogen-bond donors (Lipinski definition) is 0. The molecule has 5 nitrogen and oxygen atoms in total. The zero-order chi connectivity index (χ0) is 15.1. The second-order valence-corrected chi connectivity index (χ2v) is 4.52. The van der Waals surface area contributed by atoms with Crippen molar-refractivity contribution in [2.45, 2.75) is 20.8 Å². The van der Waals surface area contributed by atoms with Crippen LogP contribution in [0.4, 0.5) is 0 Å². The monoisotopic (exact) mass is 279 g/mol. The fourth-order valence-corrected chi connectivity index (χ4v) is 1.64. The van der Waals surface area contributed by atoms with Crippen LogP contribution >= 0.6 is 0 Å². The van der Waals surface area contributed by atoms with Crippen LogP contribution in [0.5, 0.6) is 5.75 Å². The predicted molar refractivity (Wildman–Crippen MR) is 75.7 cm³/mol. The number of methoxy groups -OCH3 is 1. The van der Waals surface area contributed by atoms with Crippen LogP contribution in [0.25, 0.3) is 0 Å². The van der Waals surface area contributed by atoms with Gasteiger partial charge in [-0.2, -0.15) is 0 Å². The molecule has 0 saturated heterocycles. The van der Waals surface area contributed by atoms with Crippen molar-refractivity contribution in [2.24, 2.45) is 0 Å². The minimum absolute atomic E-state index is 0.0535. The number of ether oxygens (including phenoxy) is 2. The molecule has 0 fully saturated rings. The Morgan fingerprint density at radius 2 is 1.90 bits per heavy atom. The molecule has 1 aromatic carbocycles. The number of carbonyl (C=O) groups excluding carboxylic acids is 2. The maximum absolute atomic E-state index is 11.9. The molecule has 110 valence electrons. The van der Waals surface area contributed by atoms with Gasteiger partial charge in [0.1, 0.15) is 12.3 Å². The standard InChI is InChI=1S/C15H21NO4/c1-5-16(9-15(18)19-4)14(17)10-20-13-7-6-11(2)12(3)8-13/h6-8H,5,9-10H2,1-4H3. The van der Waals surface area contributed by atoms with E-state index in [1.807, 2.05) is 32.0 Å². The summed E-state index contributed by atoms with van der Waals surface area (Å²) in [6.45, 7) is 6.09. The molecule has 0 N–H and O–H groups in total. The van der Waals surface area contributed by atoms with Crippen molar-refractivity contribution in [1.82, 2.24) is 4.90 Å². The van der Waals surface area contributed by atoms with E-state index in [1.54, 1.807) is 6.92 Å². The van der Waals surface area contributed by atoms with Gasteiger partial charge in [0.05, 0.1) is 7.11 Å². The van der Waals surface area contributed by atoms with Crippen molar-refractivity contribution in [3.8, 4) is 5.75 Å². The van der Waals surface area contributed by atoms with E-state index in [-0.39, 0.29) is 19.1 Å². The van der Waals surface area contributed by atoms with Gasteiger partial charge in [0.25, 0.3) is 5.91 Å². The number of carbonyl (C=O) groups is 2. The number of likely N-dealkylation sites (N-methyl/N-ethyl adjacent to an activating group) is 1. The Bertz CT molecular complexity index is 485. The predicted octanol–water partition coefficient (Wildman–Crippen LogP) is 1.70. The molecule has 5 heteroatoms. The first-order chi connectivity index (χ1) is 9.47. The number of hydrogen-bond acceptors (Lipinski definition) is 4. The maximum atomic E-state index is 11.9. The van der Waals surface area contributed by atoms with Gasteiger partial charge in [-0.05, 0) is 44.0 Å². The van der Waals surface area contributed by atoms with Crippen molar-refractivity contribution in [1.29, 1.82) is 0 Å². The molecular weight excluding hydrogens is 258 g/mol. The Balaban J connectivity index is 2.56. The van der Waals surface area contributed by atoms with E-state index in [9.17, 15) is 9.59 Å². The molecule has 0 aliphatic heterocycles. The first-order valence-corrected chi connectivity index (χ1v) is 6.52. The molecule has 0 heterocycles. The summed E-state index contributed by atoms with van der Waals surface area (Å²) in [6, 6.07) is 5.66. The summed E-state index contributed by atoms with van der Waals surface area (Å²) in [7, 11) is 1.30. The highest BCUT2D eigenvalue weighted by Gasteiger charge is 2.16. The van der Waals surface area contributed by atoms with Crippen molar-refractivity contribution in [3.05, 3.63) is 29.3 Å². The SMILES string of the molecule is CCN(CC(=O)OC)C(=O)COc1ccc(C)c(C)c1. The molecule has 0 radical (unpaired) electrons. The second kappa shape index (κ2) is 7.53. The van der Waals surface area contributed by atoms with Crippen LogP contribution in [-0.2, 0) is 14.3 Å². The normalized spacial score (nSPS) is 10.0. The summed E-state index contributed by atoms with van der Waals surface area (Å²) in [5, 5.41) is 0. The lowest BCUT2D eigenvalue weighted by Gasteiger charge is -2.19. The first kappa shape index (κ1) is 16.0. The molecule has 1 amide bonds. The summed E-state index contributed by atoms with van der Waals surface area (Å²) in [6.07, 6.45) is 0. The molecule has 20 heavy (non-hydrogen) atoms. The maximum Gasteiger partial charge on any atom is 0.325 e. The highest BCUT2D eigenvalue weighted by atomic mass is 16.5. The smallest absolute Gasteiger partial charge is 0.325 e. The summed E-state index contributed by atoms with van der Waals surface area (Å²) < 4.78 is 10.0. The van der Waals surface area contributed by atoms with Crippen molar-refractivity contribution in [3.63, 3.8) is 0 Å². The Labute approximate surface area is 119 Å². The lowest BCUT2D eigenvalue weighted by Crippen LogP contribution is -2.38. The van der Waals surface area contributed by atoms with E-state index < -0.39 is 5.97 Å². The van der Waals surface area contributed by atoms with Crippen molar-refractivity contribution >= 4 is 11.9 Å². The molecule has 0 bridgehead atoms. The highest BCUT2D eigenvalue weighted by Crippen LogP contribution is 2.16. The van der Waals surface area contributed by atoms with Gasteiger partial charge in [-0.15, -0.1) is 0 Å². The summed E-state index contributed by atoms with van der Waals surface area (Å²) in [4.78, 5) is 24.5. The third-order valence-electron chi connectivity index (χ3n) is 3.12. The van der Waals surface area contributed by atoms with Gasteiger partial charge in [-0.25, -0.2) is 0 Å². The fourth-order valence-electron chi connectivity index (χ4n) is 1.64. The largest absolute Gasteiger partial charge is 0.484 e. The lowest BCUT2D eigenvalue weighted by molar-refractivity contribution is -0.147. The Morgan fingerprint density at radius 1 is 1.20 bits per heavy atom. The van der Waals surface area contributed by atoms with Crippen molar-refractivity contribution in [2.75, 3.05) is 26.8 Å². The quantitative estimate of drug-likeness (QED) is 0.744. The number of esters is 1. The lowest BCUT2D eigenvalue weighted by atomic mass is 10.1. The van der Waals surface area contributed by atoms with Gasteiger partial charge >= 0.3 is 5.97 Å². The van der Waals surface area contributed by atoms with Gasteiger partial charge in [0.2, 0.25) is 0 Å². The minimum atomic E-state index is -0.439. The fraction of sp³-hybridized carbons (Fsp3) is 0.467. The topological polar surface area (TPSA) is 55.8 Å². The van der Waals surface area contributed by atoms with Gasteiger partial charge in [0.15, 0.2) is 6.61 Å². The van der Waals surface area contributed by atoms with Gasteiger partial charge in [0, 0.05) is 6.54 Å². The highest BCUT2D eigenvalue weighted by molar-refractivity contribution is 5.83. The average Bonchev–Trinajstić information content (AvgIpc) is 2.45. The van der Waals surface area contributed by atoms with Crippen LogP contribution in [0, 0.1) is 13.8 Å². The van der Waals surface area contributed by atoms with Crippen LogP contribution in [0.3, 0.4) is 0 Å².